The second kappa shape index (κ2) is 7.62. The van der Waals surface area contributed by atoms with Crippen LogP contribution in [-0.2, 0) is 23.9 Å². The van der Waals surface area contributed by atoms with Gasteiger partial charge in [0, 0.05) is 24.7 Å². The molecule has 0 aromatic rings. The number of methoxy groups -OCH3 is 2. The molecule has 29 heavy (non-hydrogen) atoms. The van der Waals surface area contributed by atoms with Crippen molar-refractivity contribution in [3.63, 3.8) is 0 Å². The molecule has 6 fully saturated rings. The van der Waals surface area contributed by atoms with Crippen molar-refractivity contribution in [1.82, 2.24) is 0 Å². The first-order valence-electron chi connectivity index (χ1n) is 10.6. The molecule has 0 unspecified atom stereocenters. The maximum absolute atomic E-state index is 11.7. The molecule has 0 aliphatic heterocycles. The minimum absolute atomic E-state index is 0.0595. The van der Waals surface area contributed by atoms with E-state index in [2.05, 4.69) is 4.85 Å². The Morgan fingerprint density at radius 2 is 1.00 bits per heavy atom. The Bertz CT molecular complexity index is 689. The van der Waals surface area contributed by atoms with Gasteiger partial charge in [-0.1, -0.05) is 0 Å². The fraction of sp³-hybridized carbons (Fsp3) is 0.818. The van der Waals surface area contributed by atoms with Gasteiger partial charge in [0.1, 0.15) is 0 Å². The number of rotatable bonds is 3. The van der Waals surface area contributed by atoms with Gasteiger partial charge < -0.3 is 20.1 Å². The molecule has 0 aromatic heterocycles. The summed E-state index contributed by atoms with van der Waals surface area (Å²) in [7, 11) is 2.89. The number of nitrogens with zero attached hydrogens (tertiary/aromatic N) is 1. The van der Waals surface area contributed by atoms with Crippen molar-refractivity contribution in [2.24, 2.45) is 22.0 Å². The number of carbonyl (C=O) groups excluding carboxylic acids is 3. The Labute approximate surface area is 172 Å². The molecule has 6 aliphatic rings. The van der Waals surface area contributed by atoms with Crippen molar-refractivity contribution in [3.05, 3.63) is 11.4 Å². The second-order valence-corrected chi connectivity index (χ2v) is 9.52. The summed E-state index contributed by atoms with van der Waals surface area (Å²) in [4.78, 5) is 38.4. The maximum Gasteiger partial charge on any atom is 0.311 e. The average molecular weight is 405 g/mol. The number of hydrogen-bond donors (Lipinski definition) is 1. The van der Waals surface area contributed by atoms with Crippen molar-refractivity contribution >= 4 is 17.8 Å². The van der Waals surface area contributed by atoms with Gasteiger partial charge in [-0.25, -0.2) is 6.57 Å². The molecule has 0 radical (unpaired) electrons. The van der Waals surface area contributed by atoms with E-state index in [0.29, 0.717) is 0 Å². The summed E-state index contributed by atoms with van der Waals surface area (Å²) in [5.74, 6) is -0.364. The number of amides is 1. The molecule has 4 bridgehead atoms. The molecule has 0 atom stereocenters. The third-order valence-electron chi connectivity index (χ3n) is 8.45. The Balaban J connectivity index is 0.000000166. The SMILES string of the molecule is COC(=O)C12CCC(C(N)=O)(CC1)CC2.[C-]#[N+]C12CCC(C(=O)OC)(CC1)CC2. The molecule has 7 nitrogen and oxygen atoms in total. The molecule has 1 amide bonds. The van der Waals surface area contributed by atoms with Gasteiger partial charge in [0.2, 0.25) is 11.4 Å². The zero-order valence-corrected chi connectivity index (χ0v) is 17.6. The van der Waals surface area contributed by atoms with Gasteiger partial charge in [-0.15, -0.1) is 0 Å². The first-order valence-corrected chi connectivity index (χ1v) is 10.6. The lowest BCUT2D eigenvalue weighted by atomic mass is 9.53. The van der Waals surface area contributed by atoms with Crippen molar-refractivity contribution in [1.29, 1.82) is 0 Å². The number of nitrogens with two attached hydrogens (primary N) is 1. The van der Waals surface area contributed by atoms with E-state index in [4.69, 9.17) is 21.8 Å². The van der Waals surface area contributed by atoms with Crippen LogP contribution in [0.25, 0.3) is 4.85 Å². The van der Waals surface area contributed by atoms with E-state index >= 15 is 0 Å². The molecule has 6 rings (SSSR count). The van der Waals surface area contributed by atoms with Crippen molar-refractivity contribution < 1.29 is 23.9 Å². The van der Waals surface area contributed by atoms with Crippen LogP contribution < -0.4 is 5.73 Å². The Morgan fingerprint density at radius 3 is 1.28 bits per heavy atom. The van der Waals surface area contributed by atoms with Crippen molar-refractivity contribution in [2.45, 2.75) is 82.6 Å². The molecule has 2 N–H and O–H groups in total. The van der Waals surface area contributed by atoms with Gasteiger partial charge in [0.15, 0.2) is 0 Å². The smallest absolute Gasteiger partial charge is 0.311 e. The average Bonchev–Trinajstić information content (AvgIpc) is 2.80. The number of esters is 2. The third kappa shape index (κ3) is 3.51. The Morgan fingerprint density at radius 1 is 0.690 bits per heavy atom. The fourth-order valence-electron chi connectivity index (χ4n) is 5.93. The number of fused-ring (bicyclic) bond motifs is 6. The summed E-state index contributed by atoms with van der Waals surface area (Å²) in [5.41, 5.74) is 4.43. The second-order valence-electron chi connectivity index (χ2n) is 9.52. The standard InChI is InChI=1S/C11H17NO3.C11H15NO2/c1-15-9(14)11-5-2-10(3-6-11,4-7-11)8(12)13;1-12-11-6-3-10(4-7-11,5-8-11)9(13)14-2/h2-7H2,1H3,(H2,12,13);3-8H2,2H3. The van der Waals surface area contributed by atoms with E-state index in [-0.39, 0.29) is 39.6 Å². The van der Waals surface area contributed by atoms with Gasteiger partial charge >= 0.3 is 11.9 Å². The van der Waals surface area contributed by atoms with Crippen LogP contribution in [0.2, 0.25) is 0 Å². The molecule has 6 saturated carbocycles. The molecule has 0 aromatic carbocycles. The zero-order chi connectivity index (χ0) is 21.3. The van der Waals surface area contributed by atoms with Crippen molar-refractivity contribution in [2.75, 3.05) is 14.2 Å². The summed E-state index contributed by atoms with van der Waals surface area (Å²) in [6, 6.07) is 0. The highest BCUT2D eigenvalue weighted by Crippen LogP contribution is 2.57. The van der Waals surface area contributed by atoms with E-state index in [1.54, 1.807) is 0 Å². The van der Waals surface area contributed by atoms with Crippen LogP contribution >= 0.6 is 0 Å². The van der Waals surface area contributed by atoms with Gasteiger partial charge in [-0.3, -0.25) is 14.4 Å². The molecule has 160 valence electrons. The summed E-state index contributed by atoms with van der Waals surface area (Å²) in [5, 5.41) is 0. The highest BCUT2D eigenvalue weighted by atomic mass is 16.5. The van der Waals surface area contributed by atoms with E-state index < -0.39 is 0 Å². The Kier molecular flexibility index (Phi) is 5.68. The minimum atomic E-state index is -0.324. The zero-order valence-electron chi connectivity index (χ0n) is 17.6. The lowest BCUT2D eigenvalue weighted by molar-refractivity contribution is -0.165. The fourth-order valence-corrected chi connectivity index (χ4v) is 5.93. The largest absolute Gasteiger partial charge is 0.469 e. The predicted octanol–water partition coefficient (Wildman–Crippen LogP) is 3.16. The summed E-state index contributed by atoms with van der Waals surface area (Å²) >= 11 is 0. The van der Waals surface area contributed by atoms with Crippen LogP contribution in [0.3, 0.4) is 0 Å². The number of hydrogen-bond acceptors (Lipinski definition) is 5. The quantitative estimate of drug-likeness (QED) is 0.575. The van der Waals surface area contributed by atoms with Crippen LogP contribution in [-0.4, -0.2) is 37.6 Å². The topological polar surface area (TPSA) is 100 Å². The summed E-state index contributed by atoms with van der Waals surface area (Å²) < 4.78 is 9.71. The first kappa shape index (κ1) is 21.6. The lowest BCUT2D eigenvalue weighted by Gasteiger charge is -2.50. The van der Waals surface area contributed by atoms with E-state index in [9.17, 15) is 14.4 Å². The molecular formula is C22H32N2O5. The van der Waals surface area contributed by atoms with Gasteiger partial charge in [0.05, 0.1) is 25.0 Å². The van der Waals surface area contributed by atoms with Gasteiger partial charge in [0.25, 0.3) is 0 Å². The lowest BCUT2D eigenvalue weighted by Crippen LogP contribution is -2.51. The van der Waals surface area contributed by atoms with E-state index in [1.165, 1.54) is 14.2 Å². The van der Waals surface area contributed by atoms with Crippen LogP contribution in [0, 0.1) is 22.8 Å². The molecule has 0 saturated heterocycles. The minimum Gasteiger partial charge on any atom is -0.469 e. The van der Waals surface area contributed by atoms with Crippen LogP contribution in [0.1, 0.15) is 77.0 Å². The number of ether oxygens (including phenoxy) is 2. The Hall–Kier alpha value is -2.10. The summed E-state index contributed by atoms with van der Waals surface area (Å²) in [6.07, 6.45) is 9.69. The third-order valence-corrected chi connectivity index (χ3v) is 8.45. The van der Waals surface area contributed by atoms with Crippen molar-refractivity contribution in [3.8, 4) is 0 Å². The number of primary amides is 1. The number of carbonyl (C=O) groups is 3. The monoisotopic (exact) mass is 404 g/mol. The molecule has 0 heterocycles. The normalized spacial score (nSPS) is 39.5. The molecule has 0 spiro atoms. The maximum atomic E-state index is 11.7. The van der Waals surface area contributed by atoms with Crippen LogP contribution in [0.5, 0.6) is 0 Å². The first-order chi connectivity index (χ1) is 13.7. The van der Waals surface area contributed by atoms with Crippen LogP contribution in [0.15, 0.2) is 0 Å². The highest BCUT2D eigenvalue weighted by molar-refractivity contribution is 5.83. The molecule has 6 aliphatic carbocycles. The van der Waals surface area contributed by atoms with Gasteiger partial charge in [-0.2, -0.15) is 0 Å². The highest BCUT2D eigenvalue weighted by Gasteiger charge is 2.57. The van der Waals surface area contributed by atoms with Crippen LogP contribution in [0.4, 0.5) is 0 Å². The molecular weight excluding hydrogens is 372 g/mol. The van der Waals surface area contributed by atoms with E-state index in [1.807, 2.05) is 0 Å². The predicted molar refractivity (Wildman–Crippen MR) is 105 cm³/mol. The summed E-state index contributed by atoms with van der Waals surface area (Å²) in [6.45, 7) is 7.19. The van der Waals surface area contributed by atoms with E-state index in [0.717, 1.165) is 77.0 Å². The molecule has 7 heteroatoms. The van der Waals surface area contributed by atoms with Gasteiger partial charge in [-0.05, 0) is 57.8 Å².